The van der Waals surface area contributed by atoms with Gasteiger partial charge in [0.2, 0.25) is 0 Å². The van der Waals surface area contributed by atoms with Crippen molar-refractivity contribution in [3.8, 4) is 73.2 Å². The van der Waals surface area contributed by atoms with E-state index in [2.05, 4.69) is 0 Å². The number of hydrogen-bond acceptors (Lipinski definition) is 4. The molecule has 0 aliphatic carbocycles. The van der Waals surface area contributed by atoms with Crippen molar-refractivity contribution in [3.05, 3.63) is 218 Å². The summed E-state index contributed by atoms with van der Waals surface area (Å²) in [6.45, 7) is 0. The van der Waals surface area contributed by atoms with Gasteiger partial charge in [-0.15, -0.1) is 11.3 Å². The molecule has 62 heavy (non-hydrogen) atoms. The van der Waals surface area contributed by atoms with E-state index in [-0.39, 0.29) is 87.6 Å². The second kappa shape index (κ2) is 14.9. The van der Waals surface area contributed by atoms with Crippen LogP contribution in [0.2, 0.25) is 0 Å². The van der Waals surface area contributed by atoms with E-state index in [9.17, 15) is 2.74 Å². The molecule has 9 aromatic carbocycles. The quantitative estimate of drug-likeness (QED) is 0.161. The van der Waals surface area contributed by atoms with Crippen molar-refractivity contribution in [2.45, 2.75) is 0 Å². The van der Waals surface area contributed by atoms with Crippen LogP contribution in [0.25, 0.3) is 115 Å². The summed E-state index contributed by atoms with van der Waals surface area (Å²) >= 11 is 1.24. The molecule has 0 bridgehead atoms. The van der Waals surface area contributed by atoms with Crippen LogP contribution in [0.3, 0.4) is 0 Å². The number of nitrogens with zero attached hydrogens (tertiary/aromatic N) is 4. The number of aromatic nitrogens is 4. The van der Waals surface area contributed by atoms with Crippen molar-refractivity contribution in [1.29, 1.82) is 0 Å². The third-order valence-corrected chi connectivity index (χ3v) is 12.2. The van der Waals surface area contributed by atoms with Crippen LogP contribution in [0.15, 0.2) is 218 Å². The molecule has 0 saturated carbocycles. The van der Waals surface area contributed by atoms with Gasteiger partial charge in [0.15, 0.2) is 17.5 Å². The van der Waals surface area contributed by atoms with Crippen LogP contribution in [-0.2, 0) is 0 Å². The van der Waals surface area contributed by atoms with Gasteiger partial charge < -0.3 is 4.57 Å². The lowest BCUT2D eigenvalue weighted by Crippen LogP contribution is -2.05. The highest BCUT2D eigenvalue weighted by atomic mass is 32.1. The number of thiophene rings is 1. The molecule has 0 saturated heterocycles. The molecule has 0 aliphatic rings. The van der Waals surface area contributed by atoms with Crippen molar-refractivity contribution in [3.63, 3.8) is 0 Å². The average molecular weight is 821 g/mol. The predicted molar refractivity (Wildman–Crippen MR) is 260 cm³/mol. The fraction of sp³-hybridized carbons (Fsp3) is 0. The van der Waals surface area contributed by atoms with Crippen LogP contribution in [0.5, 0.6) is 0 Å². The van der Waals surface area contributed by atoms with E-state index in [0.717, 1.165) is 22.3 Å². The van der Waals surface area contributed by atoms with Gasteiger partial charge >= 0.3 is 0 Å². The van der Waals surface area contributed by atoms with Gasteiger partial charge in [-0.25, -0.2) is 15.0 Å². The van der Waals surface area contributed by atoms with Crippen LogP contribution in [0, 0.1) is 0 Å². The van der Waals surface area contributed by atoms with E-state index in [0.29, 0.717) is 53.7 Å². The third-order valence-electron chi connectivity index (χ3n) is 11.0. The molecule has 0 N–H and O–H groups in total. The minimum absolute atomic E-state index is 0.00611. The Balaban J connectivity index is 1.17. The van der Waals surface area contributed by atoms with Crippen LogP contribution >= 0.6 is 11.3 Å². The van der Waals surface area contributed by atoms with Crippen molar-refractivity contribution in [1.82, 2.24) is 19.5 Å². The molecule has 3 heterocycles. The van der Waals surface area contributed by atoms with Gasteiger partial charge in [-0.2, -0.15) is 0 Å². The van der Waals surface area contributed by atoms with Crippen LogP contribution in [0.4, 0.5) is 0 Å². The van der Waals surface area contributed by atoms with Crippen molar-refractivity contribution in [2.75, 3.05) is 0 Å². The Morgan fingerprint density at radius 2 is 0.968 bits per heavy atom. The molecular weight excluding hydrogens is 773 g/mol. The highest BCUT2D eigenvalue weighted by Gasteiger charge is 2.23. The van der Waals surface area contributed by atoms with Gasteiger partial charge in [0, 0.05) is 47.6 Å². The molecule has 0 amide bonds. The third kappa shape index (κ3) is 6.01. The summed E-state index contributed by atoms with van der Waals surface area (Å²) in [5.74, 6) is 0.685. The smallest absolute Gasteiger partial charge is 0.166 e. The van der Waals surface area contributed by atoms with E-state index >= 15 is 0 Å². The Hall–Kier alpha value is -7.99. The molecular formula is C57H36N4S. The predicted octanol–water partition coefficient (Wildman–Crippen LogP) is 15.3. The minimum atomic E-state index is -0.511. The molecule has 0 radical (unpaired) electrons. The van der Waals surface area contributed by atoms with E-state index in [1.165, 1.54) is 23.5 Å². The Bertz CT molecular complexity index is 4290. The van der Waals surface area contributed by atoms with Gasteiger partial charge in [0.05, 0.1) is 33.2 Å². The number of benzene rings is 9. The fourth-order valence-corrected chi connectivity index (χ4v) is 9.39. The standard InChI is InChI=1S/C57H36N4S/c1-3-18-37(19-4-1)41-28-16-29-42(38-20-5-2-6-21-38)53(41)57-59-55(40-23-15-22-39(36-40)43-30-17-31-47-46-26-10-14-35-52(46)62-54(43)47)58-56(60-57)48-27-9-13-34-51(48)61-49-32-11-7-24-44(49)45-25-8-12-33-50(45)61/h1-36H/i7D,8D,10D,11D,17D,24D,25D,26D,31D,32D,33D,35D. The monoisotopic (exact) mass is 820 g/mol. The first-order valence-electron chi connectivity index (χ1n) is 25.9. The minimum Gasteiger partial charge on any atom is -0.309 e. The van der Waals surface area contributed by atoms with Crippen LogP contribution < -0.4 is 0 Å². The Kier molecular flexibility index (Phi) is 6.16. The summed E-state index contributed by atoms with van der Waals surface area (Å²) in [7, 11) is 0. The molecule has 0 spiro atoms. The lowest BCUT2D eigenvalue weighted by atomic mass is 9.91. The topological polar surface area (TPSA) is 43.6 Å². The van der Waals surface area contributed by atoms with E-state index < -0.39 is 24.2 Å². The highest BCUT2D eigenvalue weighted by Crippen LogP contribution is 2.43. The zero-order chi connectivity index (χ0) is 51.4. The second-order valence-corrected chi connectivity index (χ2v) is 15.6. The van der Waals surface area contributed by atoms with Crippen LogP contribution in [0.1, 0.15) is 16.4 Å². The number of fused-ring (bicyclic) bond motifs is 6. The van der Waals surface area contributed by atoms with Gasteiger partial charge in [0.1, 0.15) is 0 Å². The molecule has 12 rings (SSSR count). The summed E-state index contributed by atoms with van der Waals surface area (Å²) in [6, 6.07) is 41.5. The summed E-state index contributed by atoms with van der Waals surface area (Å²) in [6.07, 6.45) is 0. The Morgan fingerprint density at radius 3 is 1.77 bits per heavy atom. The van der Waals surface area contributed by atoms with Gasteiger partial charge in [-0.05, 0) is 69.7 Å². The average Bonchev–Trinajstić information content (AvgIpc) is 4.07. The Morgan fingerprint density at radius 1 is 0.387 bits per heavy atom. The zero-order valence-electron chi connectivity index (χ0n) is 44.6. The van der Waals surface area contributed by atoms with Crippen molar-refractivity contribution in [2.24, 2.45) is 0 Å². The highest BCUT2D eigenvalue weighted by molar-refractivity contribution is 7.26. The first-order chi connectivity index (χ1) is 35.7. The second-order valence-electron chi connectivity index (χ2n) is 14.6. The van der Waals surface area contributed by atoms with Gasteiger partial charge in [-0.1, -0.05) is 182 Å². The fourth-order valence-electron chi connectivity index (χ4n) is 8.27. The molecule has 12 aromatic rings. The van der Waals surface area contributed by atoms with Gasteiger partial charge in [-0.3, -0.25) is 0 Å². The zero-order valence-corrected chi connectivity index (χ0v) is 33.4. The molecule has 0 unspecified atom stereocenters. The summed E-state index contributed by atoms with van der Waals surface area (Å²) in [5, 5.41) is 0.676. The SMILES string of the molecule is [2H]c1cc([2H])c2sc3c(-c4cccc(-c5nc(-c6ccccc6-n6c7c([2H])cc([2H])c([2H])c7c7c([2H])c([2H])c([2H])c([2H])c76)nc(-c6c(-c7ccccc7)cccc6-c6ccccc6)n5)c4)cc([2H])c([2H])c3c2c1[2H]. The van der Waals surface area contributed by atoms with Gasteiger partial charge in [0.25, 0.3) is 0 Å². The summed E-state index contributed by atoms with van der Waals surface area (Å²) < 4.78 is 109. The molecule has 0 aliphatic heterocycles. The number of rotatable bonds is 7. The molecule has 3 aromatic heterocycles. The normalized spacial score (nSPS) is 14.3. The summed E-state index contributed by atoms with van der Waals surface area (Å²) in [4.78, 5) is 15.8. The number of para-hydroxylation sites is 3. The lowest BCUT2D eigenvalue weighted by Gasteiger charge is -2.18. The summed E-state index contributed by atoms with van der Waals surface area (Å²) in [5.41, 5.74) is 6.75. The Labute approximate surface area is 379 Å². The number of hydrogen-bond donors (Lipinski definition) is 0. The first kappa shape index (κ1) is 25.6. The maximum atomic E-state index is 9.28. The molecule has 5 heteroatoms. The van der Waals surface area contributed by atoms with E-state index in [4.69, 9.17) is 28.7 Å². The molecule has 290 valence electrons. The first-order valence-corrected chi connectivity index (χ1v) is 20.7. The van der Waals surface area contributed by atoms with Crippen LogP contribution in [-0.4, -0.2) is 19.5 Å². The van der Waals surface area contributed by atoms with Crippen molar-refractivity contribution < 1.29 is 16.4 Å². The largest absolute Gasteiger partial charge is 0.309 e. The van der Waals surface area contributed by atoms with E-state index in [1.807, 2.05) is 103 Å². The van der Waals surface area contributed by atoms with E-state index in [1.54, 1.807) is 34.9 Å². The maximum absolute atomic E-state index is 9.28. The lowest BCUT2D eigenvalue weighted by molar-refractivity contribution is 1.07. The molecule has 0 fully saturated rings. The molecule has 0 atom stereocenters. The maximum Gasteiger partial charge on any atom is 0.166 e. The van der Waals surface area contributed by atoms with Crippen molar-refractivity contribution >= 4 is 53.3 Å². The molecule has 4 nitrogen and oxygen atoms in total.